The molecule has 13 heteroatoms. The first-order valence-corrected chi connectivity index (χ1v) is 20.1. The number of carbonyl (C=O) groups is 1. The third-order valence-corrected chi connectivity index (χ3v) is 16.0. The Morgan fingerprint density at radius 3 is 2.25 bits per heavy atom. The van der Waals surface area contributed by atoms with Gasteiger partial charge < -0.3 is 59.1 Å². The van der Waals surface area contributed by atoms with E-state index in [1.807, 2.05) is 0 Å². The molecule has 0 aromatic rings. The third kappa shape index (κ3) is 5.73. The van der Waals surface area contributed by atoms with E-state index in [1.165, 1.54) is 0 Å². The highest BCUT2D eigenvalue weighted by atomic mass is 16.7. The Balaban J connectivity index is 0.899. The first-order valence-electron chi connectivity index (χ1n) is 20.1. The molecule has 4 aliphatic heterocycles. The lowest BCUT2D eigenvalue weighted by molar-refractivity contribution is -0.360. The molecule has 0 bridgehead atoms. The normalized spacial score (nSPS) is 59.1. The minimum absolute atomic E-state index is 0.00301. The van der Waals surface area contributed by atoms with Crippen LogP contribution in [0.4, 0.5) is 0 Å². The lowest BCUT2D eigenvalue weighted by Gasteiger charge is -2.60. The van der Waals surface area contributed by atoms with Gasteiger partial charge in [0, 0.05) is 30.1 Å². The Morgan fingerprint density at radius 2 is 1.54 bits per heavy atom. The van der Waals surface area contributed by atoms with E-state index in [2.05, 4.69) is 27.7 Å². The molecule has 4 aliphatic carbocycles. The summed E-state index contributed by atoms with van der Waals surface area (Å²) in [5.74, 6) is 2.24. The van der Waals surface area contributed by atoms with E-state index in [-0.39, 0.29) is 34.9 Å². The number of rotatable bonds is 5. The van der Waals surface area contributed by atoms with Crippen molar-refractivity contribution in [3.8, 4) is 0 Å². The first-order chi connectivity index (χ1) is 24.6. The van der Waals surface area contributed by atoms with E-state index in [4.69, 9.17) is 28.4 Å². The minimum Gasteiger partial charge on any atom is -0.394 e. The van der Waals surface area contributed by atoms with E-state index >= 15 is 0 Å². The number of ether oxygens (including phenoxy) is 6. The molecule has 0 aromatic carbocycles. The fourth-order valence-corrected chi connectivity index (χ4v) is 12.9. The monoisotopic (exact) mass is 738 g/mol. The largest absolute Gasteiger partial charge is 0.394 e. The molecule has 6 N–H and O–H groups in total. The van der Waals surface area contributed by atoms with E-state index < -0.39 is 73.8 Å². The van der Waals surface area contributed by atoms with Gasteiger partial charge in [-0.3, -0.25) is 4.79 Å². The number of hydrogen-bond acceptors (Lipinski definition) is 13. The molecule has 0 aromatic heterocycles. The van der Waals surface area contributed by atoms with Crippen molar-refractivity contribution >= 4 is 5.78 Å². The zero-order valence-corrected chi connectivity index (χ0v) is 31.3. The smallest absolute Gasteiger partial charge is 0.187 e. The summed E-state index contributed by atoms with van der Waals surface area (Å²) in [6.07, 6.45) is -5.49. The fraction of sp³-hybridized carbons (Fsp3) is 0.974. The molecule has 8 fully saturated rings. The number of carbonyl (C=O) groups excluding carboxylic acids is 1. The van der Waals surface area contributed by atoms with Crippen molar-refractivity contribution in [3.63, 3.8) is 0 Å². The van der Waals surface area contributed by atoms with Crippen LogP contribution in [0.3, 0.4) is 0 Å². The van der Waals surface area contributed by atoms with E-state index in [0.717, 1.165) is 58.0 Å². The van der Waals surface area contributed by atoms with Crippen molar-refractivity contribution in [3.05, 3.63) is 0 Å². The highest BCUT2D eigenvalue weighted by molar-refractivity contribution is 5.87. The summed E-state index contributed by atoms with van der Waals surface area (Å²) < 4.78 is 37.0. The topological polar surface area (TPSA) is 194 Å². The summed E-state index contributed by atoms with van der Waals surface area (Å²) in [7, 11) is 0. The molecule has 4 saturated heterocycles. The van der Waals surface area contributed by atoms with Gasteiger partial charge in [0.1, 0.15) is 48.5 Å². The molecule has 296 valence electrons. The number of ketones is 1. The molecule has 0 radical (unpaired) electrons. The SMILES string of the molecule is C[C@@H]1CC[C@@]2(OC1)OC1C[C@H]3[C@@H]4CC[C@H]5C[C@@H](O[C@@H]6O[C@@H](C)[C@@H](O[C@@H]7O[C@@H](CO)[C@@H](O)[C@H](O)[C@@H]7O)[C@H](O)[C@@H]6O)CC[C@]5(C)[C@H]4CC(=O)[C@]3(C)C1[C@@H]2C. The summed E-state index contributed by atoms with van der Waals surface area (Å²) in [4.78, 5) is 14.5. The fourth-order valence-electron chi connectivity index (χ4n) is 12.9. The Labute approximate surface area is 306 Å². The highest BCUT2D eigenvalue weighted by Crippen LogP contribution is 2.70. The minimum atomic E-state index is -1.65. The Bertz CT molecular complexity index is 1320. The van der Waals surface area contributed by atoms with Gasteiger partial charge in [-0.2, -0.15) is 0 Å². The number of hydrogen-bond donors (Lipinski definition) is 6. The van der Waals surface area contributed by atoms with E-state index in [0.29, 0.717) is 41.8 Å². The van der Waals surface area contributed by atoms with Crippen LogP contribution in [0.2, 0.25) is 0 Å². The molecule has 4 heterocycles. The van der Waals surface area contributed by atoms with Crippen molar-refractivity contribution < 1.29 is 63.9 Å². The van der Waals surface area contributed by atoms with Crippen LogP contribution in [0.25, 0.3) is 0 Å². The Hall–Kier alpha value is -0.810. The molecule has 4 saturated carbocycles. The predicted octanol–water partition coefficient (Wildman–Crippen LogP) is 1.65. The molecule has 13 nitrogen and oxygen atoms in total. The van der Waals surface area contributed by atoms with Crippen molar-refractivity contribution in [2.24, 2.45) is 52.3 Å². The molecule has 22 atom stereocenters. The summed E-state index contributed by atoms with van der Waals surface area (Å²) in [5.41, 5.74) is -0.391. The van der Waals surface area contributed by atoms with Gasteiger partial charge in [0.05, 0.1) is 31.5 Å². The quantitative estimate of drug-likeness (QED) is 0.223. The van der Waals surface area contributed by atoms with Crippen LogP contribution in [-0.2, 0) is 33.2 Å². The predicted molar refractivity (Wildman–Crippen MR) is 182 cm³/mol. The Morgan fingerprint density at radius 1 is 0.808 bits per heavy atom. The molecule has 1 spiro atoms. The maximum absolute atomic E-state index is 14.5. The number of Topliss-reactive ketones (excluding diaryl/α,β-unsaturated/α-hetero) is 1. The molecule has 8 rings (SSSR count). The van der Waals surface area contributed by atoms with Crippen LogP contribution >= 0.6 is 0 Å². The van der Waals surface area contributed by atoms with Crippen LogP contribution in [0.15, 0.2) is 0 Å². The van der Waals surface area contributed by atoms with Crippen molar-refractivity contribution in [2.75, 3.05) is 13.2 Å². The summed E-state index contributed by atoms with van der Waals surface area (Å²) in [6.45, 7) is 10.9. The summed E-state index contributed by atoms with van der Waals surface area (Å²) in [5, 5.41) is 62.5. The number of fused-ring (bicyclic) bond motifs is 7. The average Bonchev–Trinajstić information content (AvgIpc) is 3.57. The lowest BCUT2D eigenvalue weighted by atomic mass is 9.44. The maximum atomic E-state index is 14.5. The second-order valence-electron chi connectivity index (χ2n) is 18.6. The van der Waals surface area contributed by atoms with Crippen LogP contribution in [0.5, 0.6) is 0 Å². The first kappa shape index (κ1) is 38.1. The molecule has 52 heavy (non-hydrogen) atoms. The van der Waals surface area contributed by atoms with E-state index in [9.17, 15) is 35.4 Å². The lowest BCUT2D eigenvalue weighted by Crippen LogP contribution is -2.64. The van der Waals surface area contributed by atoms with Crippen molar-refractivity contribution in [1.29, 1.82) is 0 Å². The number of aliphatic hydroxyl groups excluding tert-OH is 6. The molecular weight excluding hydrogens is 676 g/mol. The molecular formula is C39H62O13. The maximum Gasteiger partial charge on any atom is 0.187 e. The van der Waals surface area contributed by atoms with Crippen LogP contribution in [0.1, 0.15) is 92.4 Å². The number of aliphatic hydroxyl groups is 6. The van der Waals surface area contributed by atoms with Crippen LogP contribution in [0, 0.1) is 52.3 Å². The molecule has 0 amide bonds. The summed E-state index contributed by atoms with van der Waals surface area (Å²) in [6, 6.07) is 0. The summed E-state index contributed by atoms with van der Waals surface area (Å²) >= 11 is 0. The van der Waals surface area contributed by atoms with Gasteiger partial charge in [-0.25, -0.2) is 0 Å². The van der Waals surface area contributed by atoms with Gasteiger partial charge in [-0.15, -0.1) is 0 Å². The Kier molecular flexibility index (Phi) is 10.0. The second-order valence-corrected chi connectivity index (χ2v) is 18.6. The van der Waals surface area contributed by atoms with Gasteiger partial charge in [0.2, 0.25) is 0 Å². The van der Waals surface area contributed by atoms with E-state index in [1.54, 1.807) is 6.92 Å². The van der Waals surface area contributed by atoms with Gasteiger partial charge in [0.25, 0.3) is 0 Å². The zero-order chi connectivity index (χ0) is 37.1. The third-order valence-electron chi connectivity index (χ3n) is 16.0. The van der Waals surface area contributed by atoms with Gasteiger partial charge >= 0.3 is 0 Å². The molecule has 8 aliphatic rings. The van der Waals surface area contributed by atoms with Crippen LogP contribution in [-0.4, -0.2) is 129 Å². The van der Waals surface area contributed by atoms with Crippen molar-refractivity contribution in [1.82, 2.24) is 0 Å². The molecule has 2 unspecified atom stereocenters. The van der Waals surface area contributed by atoms with Crippen molar-refractivity contribution in [2.45, 2.75) is 172 Å². The van der Waals surface area contributed by atoms with Crippen LogP contribution < -0.4 is 0 Å². The second kappa shape index (κ2) is 13.7. The van der Waals surface area contributed by atoms with Gasteiger partial charge in [-0.1, -0.05) is 27.7 Å². The van der Waals surface area contributed by atoms with Gasteiger partial charge in [-0.05, 0) is 86.9 Å². The van der Waals surface area contributed by atoms with Gasteiger partial charge in [0.15, 0.2) is 18.4 Å². The standard InChI is InChI=1S/C39H62O13/c1-17-8-11-39(47-16-17)18(2)28-25(52-39)13-24-22-7-6-20-12-21(9-10-37(20,4)23(22)14-27(41)38(24,28)5)49-35-33(46)31(44)34(19(3)48-35)51-36-32(45)30(43)29(42)26(15-40)50-36/h17-26,28-36,40,42-46H,6-16H2,1-5H3/t17-,18+,19+,20+,21+,22-,23+,24+,25?,26+,28?,29-,30+,31-,32+,33+,34-,35+,36+,37+,38-,39-/m1/s1. The average molecular weight is 739 g/mol. The highest BCUT2D eigenvalue weighted by Gasteiger charge is 2.72. The zero-order valence-electron chi connectivity index (χ0n) is 31.3.